The van der Waals surface area contributed by atoms with Crippen molar-refractivity contribution in [3.63, 3.8) is 0 Å². The number of benzene rings is 2. The number of nitrogens with one attached hydrogen (secondary N) is 1. The largest absolute Gasteiger partial charge is 0.338 e. The summed E-state index contributed by atoms with van der Waals surface area (Å²) in [6.45, 7) is 2.63. The maximum Gasteiger partial charge on any atom is 0.291 e. The van der Waals surface area contributed by atoms with Gasteiger partial charge in [0.15, 0.2) is 5.16 Å². The molecule has 3 aromatic rings. The Morgan fingerprint density at radius 3 is 2.25 bits per heavy atom. The third-order valence-corrected chi connectivity index (χ3v) is 5.67. The van der Waals surface area contributed by atoms with Gasteiger partial charge in [0, 0.05) is 30.8 Å². The van der Waals surface area contributed by atoms with Gasteiger partial charge in [-0.1, -0.05) is 60.7 Å². The lowest BCUT2D eigenvalue weighted by atomic mass is 10.1. The van der Waals surface area contributed by atoms with Crippen molar-refractivity contribution in [1.29, 1.82) is 0 Å². The van der Waals surface area contributed by atoms with Crippen molar-refractivity contribution in [3.8, 4) is 0 Å². The van der Waals surface area contributed by atoms with E-state index in [0.717, 1.165) is 17.5 Å². The highest BCUT2D eigenvalue weighted by atomic mass is 32.2. The van der Waals surface area contributed by atoms with Crippen LogP contribution in [0.4, 0.5) is 8.78 Å². The van der Waals surface area contributed by atoms with E-state index in [0.29, 0.717) is 24.3 Å². The Hall–Kier alpha value is -3.00. The summed E-state index contributed by atoms with van der Waals surface area (Å²) >= 11 is 0.195. The highest BCUT2D eigenvalue weighted by Gasteiger charge is 2.17. The van der Waals surface area contributed by atoms with Crippen molar-refractivity contribution in [2.24, 2.45) is 0 Å². The summed E-state index contributed by atoms with van der Waals surface area (Å²) in [7, 11) is 0. The first-order valence-corrected chi connectivity index (χ1v) is 11.2. The zero-order valence-corrected chi connectivity index (χ0v) is 18.6. The number of hydrogen-bond acceptors (Lipinski definition) is 4. The van der Waals surface area contributed by atoms with Gasteiger partial charge >= 0.3 is 0 Å². The van der Waals surface area contributed by atoms with Gasteiger partial charge < -0.3 is 9.88 Å². The maximum absolute atomic E-state index is 13.1. The average Bonchev–Trinajstić information content (AvgIpc) is 2.77. The third kappa shape index (κ3) is 7.02. The highest BCUT2D eigenvalue weighted by molar-refractivity contribution is 7.99. The van der Waals surface area contributed by atoms with Crippen LogP contribution in [0.25, 0.3) is 0 Å². The van der Waals surface area contributed by atoms with Crippen LogP contribution in [0.15, 0.2) is 70.6 Å². The minimum absolute atomic E-state index is 0.0744. The number of nitrogens with zero attached hydrogens (tertiary/aromatic N) is 2. The molecule has 2 aromatic carbocycles. The van der Waals surface area contributed by atoms with E-state index < -0.39 is 11.3 Å². The fourth-order valence-electron chi connectivity index (χ4n) is 3.41. The summed E-state index contributed by atoms with van der Waals surface area (Å²) < 4.78 is 25.1. The van der Waals surface area contributed by atoms with Crippen LogP contribution in [0.5, 0.6) is 0 Å². The van der Waals surface area contributed by atoms with Crippen LogP contribution in [0.3, 0.4) is 0 Å². The molecule has 0 unspecified atom stereocenters. The maximum atomic E-state index is 13.1. The quantitative estimate of drug-likeness (QED) is 0.357. The monoisotopic (exact) mass is 457 g/mol. The van der Waals surface area contributed by atoms with Gasteiger partial charge in [0.25, 0.3) is 11.3 Å². The molecule has 0 atom stereocenters. The van der Waals surface area contributed by atoms with E-state index in [1.54, 1.807) is 11.8 Å². The molecule has 0 aliphatic rings. The molecule has 1 heterocycles. The first kappa shape index (κ1) is 23.7. The fraction of sp³-hybridized carbons (Fsp3) is 0.292. The Kier molecular flexibility index (Phi) is 8.56. The summed E-state index contributed by atoms with van der Waals surface area (Å²) in [5.41, 5.74) is 2.40. The summed E-state index contributed by atoms with van der Waals surface area (Å²) in [6.07, 6.45) is 1.05. The number of hydrogen-bond donors (Lipinski definition) is 1. The zero-order chi connectivity index (χ0) is 22.9. The number of amides is 1. The van der Waals surface area contributed by atoms with Gasteiger partial charge in [-0.15, -0.1) is 0 Å². The lowest BCUT2D eigenvalue weighted by Crippen LogP contribution is -2.33. The normalized spacial score (nSPS) is 11.0. The van der Waals surface area contributed by atoms with Gasteiger partial charge in [0.05, 0.1) is 0 Å². The van der Waals surface area contributed by atoms with E-state index in [-0.39, 0.29) is 35.7 Å². The molecule has 5 nitrogen and oxygen atoms in total. The first-order valence-electron chi connectivity index (χ1n) is 10.3. The molecule has 0 aliphatic carbocycles. The second-order valence-electron chi connectivity index (χ2n) is 7.35. The molecule has 0 fully saturated rings. The van der Waals surface area contributed by atoms with Crippen molar-refractivity contribution < 1.29 is 13.6 Å². The van der Waals surface area contributed by atoms with E-state index in [2.05, 4.69) is 9.97 Å². The molecule has 0 aliphatic heterocycles. The number of aryl methyl sites for hydroxylation is 1. The van der Waals surface area contributed by atoms with Crippen molar-refractivity contribution >= 4 is 17.7 Å². The Labute approximate surface area is 189 Å². The summed E-state index contributed by atoms with van der Waals surface area (Å²) in [5.74, 6) is -2.74. The molecule has 32 heavy (non-hydrogen) atoms. The molecule has 0 radical (unpaired) electrons. The number of aromatic amines is 1. The standard InChI is InChI=1S/C24H25F2N3O2S/c1-17-20(22(31)28-24(27-17)32-23(25)26)12-13-21(30)29(16-19-10-6-3-7-11-19)15-14-18-8-4-2-5-9-18/h2-11,23H,12-16H2,1H3,(H,27,28,31). The smallest absolute Gasteiger partial charge is 0.291 e. The van der Waals surface area contributed by atoms with Crippen molar-refractivity contribution in [1.82, 2.24) is 14.9 Å². The Bertz CT molecular complexity index is 1080. The molecular formula is C24H25F2N3O2S. The molecule has 168 valence electrons. The molecular weight excluding hydrogens is 432 g/mol. The lowest BCUT2D eigenvalue weighted by Gasteiger charge is -2.23. The number of aromatic nitrogens is 2. The SMILES string of the molecule is Cc1nc(SC(F)F)[nH]c(=O)c1CCC(=O)N(CCc1ccccc1)Cc1ccccc1. The number of thioether (sulfide) groups is 1. The zero-order valence-electron chi connectivity index (χ0n) is 17.8. The van der Waals surface area contributed by atoms with Crippen LogP contribution >= 0.6 is 11.8 Å². The number of alkyl halides is 2. The van der Waals surface area contributed by atoms with E-state index in [1.807, 2.05) is 60.7 Å². The second kappa shape index (κ2) is 11.6. The van der Waals surface area contributed by atoms with E-state index >= 15 is 0 Å². The minimum Gasteiger partial charge on any atom is -0.338 e. The lowest BCUT2D eigenvalue weighted by molar-refractivity contribution is -0.131. The number of rotatable bonds is 10. The Morgan fingerprint density at radius 1 is 1.03 bits per heavy atom. The minimum atomic E-state index is -2.67. The van der Waals surface area contributed by atoms with Crippen molar-refractivity contribution in [3.05, 3.63) is 93.4 Å². The van der Waals surface area contributed by atoms with E-state index in [4.69, 9.17) is 0 Å². The number of H-pyrrole nitrogens is 1. The molecule has 0 bridgehead atoms. The van der Waals surface area contributed by atoms with Crippen LogP contribution in [-0.2, 0) is 24.2 Å². The van der Waals surface area contributed by atoms with E-state index in [1.165, 1.54) is 0 Å². The van der Waals surface area contributed by atoms with Crippen LogP contribution in [0.1, 0.15) is 28.8 Å². The molecule has 8 heteroatoms. The summed E-state index contributed by atoms with van der Waals surface area (Å²) in [6, 6.07) is 19.7. The van der Waals surface area contributed by atoms with Crippen molar-refractivity contribution in [2.75, 3.05) is 6.54 Å². The van der Waals surface area contributed by atoms with Crippen LogP contribution in [0.2, 0.25) is 0 Å². The van der Waals surface area contributed by atoms with Gasteiger partial charge in [-0.05, 0) is 42.7 Å². The summed E-state index contributed by atoms with van der Waals surface area (Å²) in [4.78, 5) is 33.6. The fourth-order valence-corrected chi connectivity index (χ4v) is 3.92. The number of carbonyl (C=O) groups excluding carboxylic acids is 1. The molecule has 3 rings (SSSR count). The topological polar surface area (TPSA) is 66.1 Å². The third-order valence-electron chi connectivity index (χ3n) is 5.07. The van der Waals surface area contributed by atoms with Gasteiger partial charge in [0.1, 0.15) is 0 Å². The molecule has 1 amide bonds. The highest BCUT2D eigenvalue weighted by Crippen LogP contribution is 2.21. The number of carbonyl (C=O) groups is 1. The Balaban J connectivity index is 1.69. The predicted octanol–water partition coefficient (Wildman–Crippen LogP) is 4.60. The van der Waals surface area contributed by atoms with Crippen LogP contribution in [0, 0.1) is 6.92 Å². The molecule has 1 aromatic heterocycles. The van der Waals surface area contributed by atoms with Gasteiger partial charge in [-0.25, -0.2) is 4.98 Å². The molecule has 0 spiro atoms. The Morgan fingerprint density at radius 2 is 1.66 bits per heavy atom. The van der Waals surface area contributed by atoms with Gasteiger partial charge in [0.2, 0.25) is 5.91 Å². The average molecular weight is 458 g/mol. The van der Waals surface area contributed by atoms with E-state index in [9.17, 15) is 18.4 Å². The molecule has 1 N–H and O–H groups in total. The van der Waals surface area contributed by atoms with Crippen molar-refractivity contribution in [2.45, 2.75) is 43.6 Å². The molecule has 0 saturated heterocycles. The number of halogens is 2. The van der Waals surface area contributed by atoms with Gasteiger partial charge in [-0.2, -0.15) is 8.78 Å². The predicted molar refractivity (Wildman–Crippen MR) is 122 cm³/mol. The summed E-state index contributed by atoms with van der Waals surface area (Å²) in [5, 5.41) is -0.119. The van der Waals surface area contributed by atoms with Crippen LogP contribution < -0.4 is 5.56 Å². The first-order chi connectivity index (χ1) is 15.4. The molecule has 0 saturated carbocycles. The van der Waals surface area contributed by atoms with Crippen LogP contribution in [-0.4, -0.2) is 33.1 Å². The second-order valence-corrected chi connectivity index (χ2v) is 8.33. The van der Waals surface area contributed by atoms with Gasteiger partial charge in [-0.3, -0.25) is 9.59 Å².